The number of rotatable bonds is 3. The highest BCUT2D eigenvalue weighted by Gasteiger charge is 2.17. The monoisotopic (exact) mass is 270 g/mol. The Balaban J connectivity index is 1.82. The van der Waals surface area contributed by atoms with Crippen LogP contribution < -0.4 is 5.32 Å². The van der Waals surface area contributed by atoms with E-state index >= 15 is 0 Å². The molecular weight excluding hydrogens is 256 g/mol. The van der Waals surface area contributed by atoms with E-state index < -0.39 is 0 Å². The molecule has 1 unspecified atom stereocenters. The lowest BCUT2D eigenvalue weighted by atomic mass is 10.2. The molecular formula is C14H14N4O2. The van der Waals surface area contributed by atoms with Gasteiger partial charge in [-0.2, -0.15) is 5.10 Å². The fourth-order valence-electron chi connectivity index (χ4n) is 2.03. The molecule has 0 saturated carbocycles. The summed E-state index contributed by atoms with van der Waals surface area (Å²) in [5, 5.41) is 10.2. The van der Waals surface area contributed by atoms with Crippen LogP contribution in [0.25, 0.3) is 11.0 Å². The SMILES string of the molecule is Cc1ccc2oc(C(=O)NC(C)c3ncn[nH]3)cc2c1. The maximum Gasteiger partial charge on any atom is 0.287 e. The molecule has 0 radical (unpaired) electrons. The van der Waals surface area contributed by atoms with Crippen molar-refractivity contribution in [1.82, 2.24) is 20.5 Å². The van der Waals surface area contributed by atoms with Gasteiger partial charge in [-0.25, -0.2) is 4.98 Å². The number of nitrogens with zero attached hydrogens (tertiary/aromatic N) is 2. The number of aromatic nitrogens is 3. The summed E-state index contributed by atoms with van der Waals surface area (Å²) in [6.45, 7) is 3.82. The van der Waals surface area contributed by atoms with Gasteiger partial charge in [-0.3, -0.25) is 9.89 Å². The van der Waals surface area contributed by atoms with Crippen LogP contribution in [0.5, 0.6) is 0 Å². The van der Waals surface area contributed by atoms with Crippen LogP contribution in [0.3, 0.4) is 0 Å². The second kappa shape index (κ2) is 4.80. The van der Waals surface area contributed by atoms with Gasteiger partial charge in [0, 0.05) is 5.39 Å². The maximum atomic E-state index is 12.1. The molecule has 0 aliphatic carbocycles. The van der Waals surface area contributed by atoms with Crippen molar-refractivity contribution in [3.05, 3.63) is 47.7 Å². The first-order chi connectivity index (χ1) is 9.63. The molecule has 3 aromatic rings. The molecule has 0 aliphatic rings. The van der Waals surface area contributed by atoms with Gasteiger partial charge in [0.05, 0.1) is 6.04 Å². The van der Waals surface area contributed by atoms with Gasteiger partial charge in [-0.1, -0.05) is 11.6 Å². The summed E-state index contributed by atoms with van der Waals surface area (Å²) in [7, 11) is 0. The van der Waals surface area contributed by atoms with Gasteiger partial charge >= 0.3 is 0 Å². The summed E-state index contributed by atoms with van der Waals surface area (Å²) in [4.78, 5) is 16.1. The zero-order valence-corrected chi connectivity index (χ0v) is 11.2. The molecule has 2 heterocycles. The Hall–Kier alpha value is -2.63. The van der Waals surface area contributed by atoms with Crippen LogP contribution in [0.1, 0.15) is 34.9 Å². The number of benzene rings is 1. The highest BCUT2D eigenvalue weighted by atomic mass is 16.3. The molecule has 2 N–H and O–H groups in total. The van der Waals surface area contributed by atoms with Crippen LogP contribution in [0, 0.1) is 6.92 Å². The number of H-pyrrole nitrogens is 1. The lowest BCUT2D eigenvalue weighted by molar-refractivity contribution is 0.0912. The standard InChI is InChI=1S/C14H14N4O2/c1-8-3-4-11-10(5-8)6-12(20-11)14(19)17-9(2)13-15-7-16-18-13/h3-7,9H,1-2H3,(H,17,19)(H,15,16,18). The molecule has 102 valence electrons. The summed E-state index contributed by atoms with van der Waals surface area (Å²) < 4.78 is 5.54. The molecule has 0 bridgehead atoms. The smallest absolute Gasteiger partial charge is 0.287 e. The van der Waals surface area contributed by atoms with Gasteiger partial charge in [0.2, 0.25) is 0 Å². The summed E-state index contributed by atoms with van der Waals surface area (Å²) >= 11 is 0. The Morgan fingerprint density at radius 2 is 2.25 bits per heavy atom. The molecule has 1 aromatic carbocycles. The van der Waals surface area contributed by atoms with Crippen molar-refractivity contribution in [3.63, 3.8) is 0 Å². The molecule has 3 rings (SSSR count). The summed E-state index contributed by atoms with van der Waals surface area (Å²) in [5.74, 6) is 0.616. The third kappa shape index (κ3) is 2.27. The number of hydrogen-bond donors (Lipinski definition) is 2. The summed E-state index contributed by atoms with van der Waals surface area (Å²) in [6, 6.07) is 7.27. The van der Waals surface area contributed by atoms with Gasteiger partial charge in [0.15, 0.2) is 5.76 Å². The van der Waals surface area contributed by atoms with E-state index in [1.54, 1.807) is 6.07 Å². The van der Waals surface area contributed by atoms with Gasteiger partial charge in [0.25, 0.3) is 5.91 Å². The van der Waals surface area contributed by atoms with Crippen LogP contribution in [-0.4, -0.2) is 21.1 Å². The van der Waals surface area contributed by atoms with Crippen LogP contribution in [0.15, 0.2) is 35.0 Å². The van der Waals surface area contributed by atoms with Crippen molar-refractivity contribution in [3.8, 4) is 0 Å². The van der Waals surface area contributed by atoms with Crippen molar-refractivity contribution in [2.45, 2.75) is 19.9 Å². The number of aryl methyl sites for hydroxylation is 1. The van der Waals surface area contributed by atoms with E-state index in [2.05, 4.69) is 20.5 Å². The van der Waals surface area contributed by atoms with Crippen molar-refractivity contribution in [1.29, 1.82) is 0 Å². The van der Waals surface area contributed by atoms with Crippen LogP contribution in [-0.2, 0) is 0 Å². The summed E-state index contributed by atoms with van der Waals surface area (Å²) in [5.41, 5.74) is 1.83. The lowest BCUT2D eigenvalue weighted by Gasteiger charge is -2.08. The molecule has 2 aromatic heterocycles. The first-order valence-corrected chi connectivity index (χ1v) is 6.30. The molecule has 0 saturated heterocycles. The fraction of sp³-hybridized carbons (Fsp3) is 0.214. The summed E-state index contributed by atoms with van der Waals surface area (Å²) in [6.07, 6.45) is 1.40. The maximum absolute atomic E-state index is 12.1. The van der Waals surface area contributed by atoms with Crippen LogP contribution in [0.2, 0.25) is 0 Å². The van der Waals surface area contributed by atoms with Crippen LogP contribution >= 0.6 is 0 Å². The number of furan rings is 1. The Morgan fingerprint density at radius 3 is 3.00 bits per heavy atom. The molecule has 20 heavy (non-hydrogen) atoms. The number of amides is 1. The zero-order valence-electron chi connectivity index (χ0n) is 11.2. The number of fused-ring (bicyclic) bond motifs is 1. The molecule has 1 amide bonds. The number of aromatic amines is 1. The highest BCUT2D eigenvalue weighted by Crippen LogP contribution is 2.21. The van der Waals surface area contributed by atoms with Crippen molar-refractivity contribution in [2.75, 3.05) is 0 Å². The third-order valence-electron chi connectivity index (χ3n) is 3.09. The lowest BCUT2D eigenvalue weighted by Crippen LogP contribution is -2.27. The second-order valence-electron chi connectivity index (χ2n) is 4.72. The van der Waals surface area contributed by atoms with Gasteiger partial charge in [-0.15, -0.1) is 0 Å². The van der Waals surface area contributed by atoms with E-state index in [1.807, 2.05) is 32.0 Å². The zero-order chi connectivity index (χ0) is 14.1. The average molecular weight is 270 g/mol. The van der Waals surface area contributed by atoms with Gasteiger partial charge < -0.3 is 9.73 Å². The van der Waals surface area contributed by atoms with E-state index in [4.69, 9.17) is 4.42 Å². The van der Waals surface area contributed by atoms with E-state index in [0.717, 1.165) is 10.9 Å². The van der Waals surface area contributed by atoms with E-state index in [-0.39, 0.29) is 17.7 Å². The Kier molecular flexibility index (Phi) is 2.98. The molecule has 0 aliphatic heterocycles. The number of nitrogens with one attached hydrogen (secondary N) is 2. The molecule has 0 spiro atoms. The average Bonchev–Trinajstić information content (AvgIpc) is 3.07. The van der Waals surface area contributed by atoms with E-state index in [9.17, 15) is 4.79 Å². The van der Waals surface area contributed by atoms with E-state index in [0.29, 0.717) is 11.4 Å². The molecule has 6 nitrogen and oxygen atoms in total. The normalized spacial score (nSPS) is 12.5. The fourth-order valence-corrected chi connectivity index (χ4v) is 2.03. The first-order valence-electron chi connectivity index (χ1n) is 6.30. The largest absolute Gasteiger partial charge is 0.451 e. The predicted molar refractivity (Wildman–Crippen MR) is 73.2 cm³/mol. The number of carbonyl (C=O) groups is 1. The number of hydrogen-bond acceptors (Lipinski definition) is 4. The molecule has 0 fully saturated rings. The van der Waals surface area contributed by atoms with Gasteiger partial charge in [0.1, 0.15) is 17.7 Å². The molecule has 6 heteroatoms. The number of carbonyl (C=O) groups excluding carboxylic acids is 1. The van der Waals surface area contributed by atoms with Crippen molar-refractivity contribution >= 4 is 16.9 Å². The Morgan fingerprint density at radius 1 is 1.40 bits per heavy atom. The topological polar surface area (TPSA) is 83.8 Å². The first kappa shape index (κ1) is 12.4. The van der Waals surface area contributed by atoms with Crippen molar-refractivity contribution in [2.24, 2.45) is 0 Å². The Bertz CT molecular complexity index is 746. The molecule has 1 atom stereocenters. The minimum absolute atomic E-state index is 0.264. The third-order valence-corrected chi connectivity index (χ3v) is 3.09. The Labute approximate surface area is 115 Å². The van der Waals surface area contributed by atoms with Crippen LogP contribution in [0.4, 0.5) is 0 Å². The minimum atomic E-state index is -0.275. The predicted octanol–water partition coefficient (Wildman–Crippen LogP) is 2.35. The van der Waals surface area contributed by atoms with Gasteiger partial charge in [-0.05, 0) is 32.0 Å². The quantitative estimate of drug-likeness (QED) is 0.765. The van der Waals surface area contributed by atoms with E-state index in [1.165, 1.54) is 6.33 Å². The highest BCUT2D eigenvalue weighted by molar-refractivity contribution is 5.96. The van der Waals surface area contributed by atoms with Crippen molar-refractivity contribution < 1.29 is 9.21 Å². The second-order valence-corrected chi connectivity index (χ2v) is 4.72. The minimum Gasteiger partial charge on any atom is -0.451 e.